The Kier molecular flexibility index (Phi) is 4.50. The van der Waals surface area contributed by atoms with Gasteiger partial charge in [-0.15, -0.1) is 0 Å². The van der Waals surface area contributed by atoms with Crippen molar-refractivity contribution in [3.05, 3.63) is 59.9 Å². The quantitative estimate of drug-likeness (QED) is 0.939. The summed E-state index contributed by atoms with van der Waals surface area (Å²) in [6.07, 6.45) is 6.40. The van der Waals surface area contributed by atoms with Gasteiger partial charge in [-0.2, -0.15) is 0 Å². The molecule has 3 saturated heterocycles. The summed E-state index contributed by atoms with van der Waals surface area (Å²) < 4.78 is 0. The van der Waals surface area contributed by atoms with Crippen molar-refractivity contribution in [3.63, 3.8) is 0 Å². The van der Waals surface area contributed by atoms with Crippen LogP contribution in [0, 0.1) is 5.92 Å². The van der Waals surface area contributed by atoms with Crippen molar-refractivity contribution >= 4 is 0 Å². The first-order valence-electron chi connectivity index (χ1n) is 8.89. The number of hydrogen-bond acceptors (Lipinski definition) is 4. The summed E-state index contributed by atoms with van der Waals surface area (Å²) in [5.41, 5.74) is 2.56. The number of fused-ring (bicyclic) bond motifs is 4. The van der Waals surface area contributed by atoms with Crippen LogP contribution in [0.5, 0.6) is 5.75 Å². The molecule has 2 aromatic rings. The molecular weight excluding hydrogens is 298 g/mol. The highest BCUT2D eigenvalue weighted by molar-refractivity contribution is 5.27. The van der Waals surface area contributed by atoms with E-state index in [0.29, 0.717) is 11.8 Å². The maximum Gasteiger partial charge on any atom is 0.115 e. The average Bonchev–Trinajstić information content (AvgIpc) is 2.86. The Labute approximate surface area is 143 Å². The van der Waals surface area contributed by atoms with Gasteiger partial charge >= 0.3 is 0 Å². The van der Waals surface area contributed by atoms with E-state index in [9.17, 15) is 5.11 Å². The fourth-order valence-corrected chi connectivity index (χ4v) is 4.23. The molecule has 4 heterocycles. The van der Waals surface area contributed by atoms with Gasteiger partial charge in [-0.3, -0.25) is 14.8 Å². The largest absolute Gasteiger partial charge is 0.508 e. The van der Waals surface area contributed by atoms with Crippen LogP contribution in [0.3, 0.4) is 0 Å². The second-order valence-electron chi connectivity index (χ2n) is 7.25. The van der Waals surface area contributed by atoms with Crippen molar-refractivity contribution in [1.29, 1.82) is 0 Å². The highest BCUT2D eigenvalue weighted by Gasteiger charge is 2.34. The lowest BCUT2D eigenvalue weighted by Crippen LogP contribution is -2.43. The first-order valence-corrected chi connectivity index (χ1v) is 8.89. The highest BCUT2D eigenvalue weighted by atomic mass is 16.3. The Morgan fingerprint density at radius 1 is 0.958 bits per heavy atom. The molecule has 0 aliphatic carbocycles. The summed E-state index contributed by atoms with van der Waals surface area (Å²) >= 11 is 0. The Morgan fingerprint density at radius 3 is 2.67 bits per heavy atom. The lowest BCUT2D eigenvalue weighted by Gasteiger charge is -2.36. The number of benzene rings is 1. The molecule has 1 N–H and O–H groups in total. The molecule has 1 aromatic heterocycles. The third kappa shape index (κ3) is 3.60. The zero-order valence-electron chi connectivity index (χ0n) is 14.0. The Morgan fingerprint density at radius 2 is 1.83 bits per heavy atom. The normalized spacial score (nSPS) is 24.8. The van der Waals surface area contributed by atoms with E-state index in [1.165, 1.54) is 37.1 Å². The van der Waals surface area contributed by atoms with Gasteiger partial charge in [0.1, 0.15) is 5.75 Å². The van der Waals surface area contributed by atoms with Gasteiger partial charge in [0, 0.05) is 51.2 Å². The van der Waals surface area contributed by atoms with Crippen molar-refractivity contribution in [2.45, 2.75) is 32.0 Å². The first-order chi connectivity index (χ1) is 11.8. The molecule has 3 aliphatic heterocycles. The topological polar surface area (TPSA) is 39.6 Å². The molecule has 5 rings (SSSR count). The number of pyridine rings is 1. The molecule has 24 heavy (non-hydrogen) atoms. The molecule has 126 valence electrons. The van der Waals surface area contributed by atoms with Crippen molar-refractivity contribution in [3.8, 4) is 5.75 Å². The minimum Gasteiger partial charge on any atom is -0.508 e. The van der Waals surface area contributed by atoms with Gasteiger partial charge in [0.2, 0.25) is 0 Å². The fraction of sp³-hybridized carbons (Fsp3) is 0.450. The third-order valence-corrected chi connectivity index (χ3v) is 5.35. The van der Waals surface area contributed by atoms with Crippen LogP contribution in [0.15, 0.2) is 48.8 Å². The minimum atomic E-state index is 0.367. The standard InChI is InChI=1S/C20H25N3O/c24-20-3-1-2-17(10-20)13-23-14-18-4-5-19(23)15-22(12-18)11-16-6-8-21-9-7-16/h1-3,6-10,18-19,24H,4-5,11-15H2/t18-,19+/m0/s1. The van der Waals surface area contributed by atoms with Crippen LogP contribution in [0.4, 0.5) is 0 Å². The monoisotopic (exact) mass is 323 g/mol. The van der Waals surface area contributed by atoms with E-state index in [4.69, 9.17) is 0 Å². The Balaban J connectivity index is 1.44. The molecule has 4 nitrogen and oxygen atoms in total. The molecule has 0 saturated carbocycles. The van der Waals surface area contributed by atoms with E-state index in [2.05, 4.69) is 33.0 Å². The van der Waals surface area contributed by atoms with E-state index in [1.54, 1.807) is 6.07 Å². The smallest absolute Gasteiger partial charge is 0.115 e. The molecule has 2 bridgehead atoms. The molecular formula is C20H25N3O. The summed E-state index contributed by atoms with van der Waals surface area (Å²) in [6, 6.07) is 12.6. The lowest BCUT2D eigenvalue weighted by atomic mass is 9.94. The molecule has 0 radical (unpaired) electrons. The molecule has 2 atom stereocenters. The lowest BCUT2D eigenvalue weighted by molar-refractivity contribution is 0.123. The second kappa shape index (κ2) is 6.91. The Hall–Kier alpha value is -1.91. The Bertz CT molecular complexity index is 676. The number of aromatic nitrogens is 1. The highest BCUT2D eigenvalue weighted by Crippen LogP contribution is 2.30. The van der Waals surface area contributed by atoms with Crippen LogP contribution >= 0.6 is 0 Å². The maximum absolute atomic E-state index is 9.70. The SMILES string of the molecule is Oc1cccc(CN2C[C@H]3CC[C@@H]2CN(Cc2ccncc2)C3)c1. The second-order valence-corrected chi connectivity index (χ2v) is 7.25. The molecule has 4 heteroatoms. The van der Waals surface area contributed by atoms with Crippen molar-refractivity contribution in [2.24, 2.45) is 5.92 Å². The summed E-state index contributed by atoms with van der Waals surface area (Å²) in [6.45, 7) is 5.47. The summed E-state index contributed by atoms with van der Waals surface area (Å²) in [5.74, 6) is 1.12. The van der Waals surface area contributed by atoms with Gasteiger partial charge < -0.3 is 5.11 Å². The summed E-state index contributed by atoms with van der Waals surface area (Å²) in [7, 11) is 0. The van der Waals surface area contributed by atoms with Crippen LogP contribution in [0.2, 0.25) is 0 Å². The number of rotatable bonds is 4. The van der Waals surface area contributed by atoms with Gasteiger partial charge in [0.05, 0.1) is 0 Å². The molecule has 3 aliphatic rings. The van der Waals surface area contributed by atoms with Crippen LogP contribution < -0.4 is 0 Å². The fourth-order valence-electron chi connectivity index (χ4n) is 4.23. The van der Waals surface area contributed by atoms with Gasteiger partial charge in [0.15, 0.2) is 0 Å². The zero-order chi connectivity index (χ0) is 16.4. The minimum absolute atomic E-state index is 0.367. The van der Waals surface area contributed by atoms with E-state index < -0.39 is 0 Å². The van der Waals surface area contributed by atoms with Crippen molar-refractivity contribution in [1.82, 2.24) is 14.8 Å². The molecule has 1 aromatic carbocycles. The third-order valence-electron chi connectivity index (χ3n) is 5.35. The van der Waals surface area contributed by atoms with Crippen molar-refractivity contribution in [2.75, 3.05) is 19.6 Å². The van der Waals surface area contributed by atoms with Crippen LogP contribution in [-0.2, 0) is 13.1 Å². The van der Waals surface area contributed by atoms with Gasteiger partial charge in [-0.25, -0.2) is 0 Å². The van der Waals surface area contributed by atoms with E-state index in [1.807, 2.05) is 24.5 Å². The average molecular weight is 323 g/mol. The predicted molar refractivity (Wildman–Crippen MR) is 94.5 cm³/mol. The van der Waals surface area contributed by atoms with E-state index in [-0.39, 0.29) is 0 Å². The number of phenolic OH excluding ortho intramolecular Hbond substituents is 1. The first kappa shape index (κ1) is 15.6. The molecule has 3 fully saturated rings. The number of piperidine rings is 1. The molecule has 0 unspecified atom stereocenters. The number of hydrogen-bond donors (Lipinski definition) is 1. The van der Waals surface area contributed by atoms with E-state index in [0.717, 1.165) is 25.6 Å². The molecule has 0 spiro atoms. The number of nitrogens with zero attached hydrogens (tertiary/aromatic N) is 3. The van der Waals surface area contributed by atoms with E-state index >= 15 is 0 Å². The van der Waals surface area contributed by atoms with Gasteiger partial charge in [0.25, 0.3) is 0 Å². The van der Waals surface area contributed by atoms with Crippen LogP contribution in [0.1, 0.15) is 24.0 Å². The van der Waals surface area contributed by atoms with Crippen molar-refractivity contribution < 1.29 is 5.11 Å². The zero-order valence-corrected chi connectivity index (χ0v) is 14.0. The van der Waals surface area contributed by atoms with Crippen LogP contribution in [0.25, 0.3) is 0 Å². The van der Waals surface area contributed by atoms with Gasteiger partial charge in [-0.05, 0) is 54.2 Å². The van der Waals surface area contributed by atoms with Gasteiger partial charge in [-0.1, -0.05) is 12.1 Å². The maximum atomic E-state index is 9.70. The summed E-state index contributed by atoms with van der Waals surface area (Å²) in [5, 5.41) is 9.70. The number of aromatic hydroxyl groups is 1. The van der Waals surface area contributed by atoms with Crippen LogP contribution in [-0.4, -0.2) is 45.6 Å². The predicted octanol–water partition coefficient (Wildman–Crippen LogP) is 2.88. The summed E-state index contributed by atoms with van der Waals surface area (Å²) in [4.78, 5) is 9.35. The molecule has 0 amide bonds. The number of phenols is 1.